The van der Waals surface area contributed by atoms with E-state index >= 15 is 0 Å². The molecule has 5 nitrogen and oxygen atoms in total. The Bertz CT molecular complexity index is 566. The Morgan fingerprint density at radius 3 is 2.30 bits per heavy atom. The smallest absolute Gasteiger partial charge is 0.253 e. The van der Waals surface area contributed by atoms with Gasteiger partial charge in [-0.25, -0.2) is 13.4 Å². The van der Waals surface area contributed by atoms with Crippen molar-refractivity contribution in [2.45, 2.75) is 45.2 Å². The van der Waals surface area contributed by atoms with E-state index < -0.39 is 10.0 Å². The molecule has 1 rings (SSSR count). The summed E-state index contributed by atoms with van der Waals surface area (Å²) in [7, 11) is -0.212. The van der Waals surface area contributed by atoms with E-state index in [1.807, 2.05) is 19.9 Å². The minimum absolute atomic E-state index is 0.340. The van der Waals surface area contributed by atoms with E-state index in [1.54, 1.807) is 20.2 Å². The van der Waals surface area contributed by atoms with Gasteiger partial charge in [-0.2, -0.15) is 0 Å². The largest absolute Gasteiger partial charge is 0.310 e. The highest BCUT2D eigenvalue weighted by Gasteiger charge is 2.19. The number of benzene rings is 1. The molecule has 0 saturated heterocycles. The fraction of sp³-hybridized carbons (Fsp3) is 0.571. The Morgan fingerprint density at radius 1 is 1.20 bits per heavy atom. The summed E-state index contributed by atoms with van der Waals surface area (Å²) in [5.41, 5.74) is 2.74. The Morgan fingerprint density at radius 2 is 1.80 bits per heavy atom. The molecule has 6 heteroatoms. The van der Waals surface area contributed by atoms with Gasteiger partial charge in [0.05, 0.1) is 4.90 Å². The van der Waals surface area contributed by atoms with Crippen LogP contribution >= 0.6 is 0 Å². The zero-order chi connectivity index (χ0) is 15.5. The van der Waals surface area contributed by atoms with E-state index in [0.717, 1.165) is 16.7 Å². The molecule has 0 aliphatic carbocycles. The molecule has 0 bridgehead atoms. The molecule has 0 radical (unpaired) electrons. The lowest BCUT2D eigenvalue weighted by Crippen LogP contribution is -2.36. The van der Waals surface area contributed by atoms with Gasteiger partial charge in [0, 0.05) is 26.7 Å². The number of hydrazine groups is 1. The third-order valence-corrected chi connectivity index (χ3v) is 4.59. The van der Waals surface area contributed by atoms with Crippen LogP contribution in [0.1, 0.15) is 30.5 Å². The molecule has 0 atom stereocenters. The molecule has 20 heavy (non-hydrogen) atoms. The van der Waals surface area contributed by atoms with Gasteiger partial charge in [0.25, 0.3) is 10.0 Å². The monoisotopic (exact) mass is 299 g/mol. The van der Waals surface area contributed by atoms with Gasteiger partial charge < -0.3 is 5.32 Å². The second kappa shape index (κ2) is 6.67. The lowest BCUT2D eigenvalue weighted by atomic mass is 10.1. The minimum atomic E-state index is -3.53. The van der Waals surface area contributed by atoms with Crippen molar-refractivity contribution in [2.75, 3.05) is 14.1 Å². The zero-order valence-corrected chi connectivity index (χ0v) is 13.9. The van der Waals surface area contributed by atoms with Gasteiger partial charge in [-0.15, -0.1) is 4.83 Å². The van der Waals surface area contributed by atoms with Crippen molar-refractivity contribution in [1.29, 1.82) is 0 Å². The number of sulfonamides is 1. The molecule has 2 N–H and O–H groups in total. The fourth-order valence-corrected chi connectivity index (χ4v) is 3.34. The van der Waals surface area contributed by atoms with E-state index in [0.29, 0.717) is 17.5 Å². The molecule has 0 unspecified atom stereocenters. The molecule has 0 heterocycles. The van der Waals surface area contributed by atoms with Gasteiger partial charge in [-0.3, -0.25) is 0 Å². The predicted octanol–water partition coefficient (Wildman–Crippen LogP) is 1.56. The lowest BCUT2D eigenvalue weighted by Gasteiger charge is -2.17. The van der Waals surface area contributed by atoms with Crippen LogP contribution in [-0.2, 0) is 16.6 Å². The number of hydrogen-bond acceptors (Lipinski definition) is 4. The maximum absolute atomic E-state index is 12.3. The Balaban J connectivity index is 3.19. The quantitative estimate of drug-likeness (QED) is 0.783. The third kappa shape index (κ3) is 4.56. The van der Waals surface area contributed by atoms with Gasteiger partial charge in [0.15, 0.2) is 0 Å². The van der Waals surface area contributed by atoms with Crippen LogP contribution in [0.2, 0.25) is 0 Å². The topological polar surface area (TPSA) is 61.4 Å². The van der Waals surface area contributed by atoms with Gasteiger partial charge >= 0.3 is 0 Å². The molecule has 0 aromatic heterocycles. The number of nitrogens with one attached hydrogen (secondary N) is 2. The third-order valence-electron chi connectivity index (χ3n) is 2.99. The highest BCUT2D eigenvalue weighted by atomic mass is 32.2. The van der Waals surface area contributed by atoms with E-state index in [9.17, 15) is 8.42 Å². The minimum Gasteiger partial charge on any atom is -0.310 e. The normalized spacial score (nSPS) is 12.4. The summed E-state index contributed by atoms with van der Waals surface area (Å²) in [6.07, 6.45) is 0. The molecule has 0 fully saturated rings. The molecule has 0 amide bonds. The van der Waals surface area contributed by atoms with Gasteiger partial charge in [0.1, 0.15) is 0 Å². The number of nitrogens with zero attached hydrogens (tertiary/aromatic N) is 1. The summed E-state index contributed by atoms with van der Waals surface area (Å²) in [5.74, 6) is 0. The number of hydrogen-bond donors (Lipinski definition) is 2. The molecule has 1 aromatic rings. The van der Waals surface area contributed by atoms with Crippen molar-refractivity contribution in [1.82, 2.24) is 15.2 Å². The first kappa shape index (κ1) is 17.1. The van der Waals surface area contributed by atoms with Crippen molar-refractivity contribution >= 4 is 10.0 Å². The second-order valence-corrected chi connectivity index (χ2v) is 7.19. The van der Waals surface area contributed by atoms with Crippen molar-refractivity contribution in [2.24, 2.45) is 0 Å². The van der Waals surface area contributed by atoms with Crippen molar-refractivity contribution in [3.63, 3.8) is 0 Å². The summed E-state index contributed by atoms with van der Waals surface area (Å²) < 4.78 is 24.7. The number of rotatable bonds is 6. The highest BCUT2D eigenvalue weighted by molar-refractivity contribution is 7.89. The lowest BCUT2D eigenvalue weighted by molar-refractivity contribution is 0.364. The molecule has 0 saturated carbocycles. The highest BCUT2D eigenvalue weighted by Crippen LogP contribution is 2.21. The summed E-state index contributed by atoms with van der Waals surface area (Å²) in [5, 5.41) is 4.74. The zero-order valence-electron chi connectivity index (χ0n) is 13.1. The van der Waals surface area contributed by atoms with Crippen molar-refractivity contribution in [3.8, 4) is 0 Å². The maximum Gasteiger partial charge on any atom is 0.253 e. The first-order chi connectivity index (χ1) is 9.13. The average molecular weight is 299 g/mol. The number of aryl methyl sites for hydroxylation is 1. The molecule has 0 aliphatic heterocycles. The van der Waals surface area contributed by atoms with Crippen LogP contribution in [0.25, 0.3) is 0 Å². The van der Waals surface area contributed by atoms with Crippen LogP contribution < -0.4 is 10.1 Å². The molecular formula is C14H25N3O2S. The SMILES string of the molecule is Cc1cc(CNC(C)C)cc(S(=O)(=O)NN(C)C)c1C. The maximum atomic E-state index is 12.3. The van der Waals surface area contributed by atoms with E-state index in [-0.39, 0.29) is 0 Å². The van der Waals surface area contributed by atoms with E-state index in [2.05, 4.69) is 24.0 Å². The van der Waals surface area contributed by atoms with Crippen molar-refractivity contribution < 1.29 is 8.42 Å². The van der Waals surface area contributed by atoms with E-state index in [4.69, 9.17) is 0 Å². The molecule has 0 spiro atoms. The Kier molecular flexibility index (Phi) is 5.70. The predicted molar refractivity (Wildman–Crippen MR) is 81.9 cm³/mol. The average Bonchev–Trinajstić information content (AvgIpc) is 2.28. The molecule has 114 valence electrons. The molecule has 0 aliphatic rings. The fourth-order valence-electron chi connectivity index (χ4n) is 1.89. The van der Waals surface area contributed by atoms with Crippen LogP contribution in [0.3, 0.4) is 0 Å². The summed E-state index contributed by atoms with van der Waals surface area (Å²) in [6, 6.07) is 4.12. The molecule has 1 aromatic carbocycles. The van der Waals surface area contributed by atoms with Crippen LogP contribution in [-0.4, -0.2) is 33.6 Å². The summed E-state index contributed by atoms with van der Waals surface area (Å²) in [6.45, 7) is 8.55. The van der Waals surface area contributed by atoms with Gasteiger partial charge in [0.2, 0.25) is 0 Å². The van der Waals surface area contributed by atoms with E-state index in [1.165, 1.54) is 5.01 Å². The Hall–Kier alpha value is -0.950. The summed E-state index contributed by atoms with van der Waals surface area (Å²) >= 11 is 0. The van der Waals surface area contributed by atoms with Gasteiger partial charge in [-0.05, 0) is 36.6 Å². The van der Waals surface area contributed by atoms with Crippen LogP contribution in [0.5, 0.6) is 0 Å². The van der Waals surface area contributed by atoms with Gasteiger partial charge in [-0.1, -0.05) is 19.9 Å². The van der Waals surface area contributed by atoms with Crippen LogP contribution in [0, 0.1) is 13.8 Å². The van der Waals surface area contributed by atoms with Crippen molar-refractivity contribution in [3.05, 3.63) is 28.8 Å². The first-order valence-corrected chi connectivity index (χ1v) is 8.15. The standard InChI is InChI=1S/C14H25N3O2S/c1-10(2)15-9-13-7-11(3)12(4)14(8-13)20(18,19)16-17(5)6/h7-8,10,15-16H,9H2,1-6H3. The first-order valence-electron chi connectivity index (χ1n) is 6.66. The molecular weight excluding hydrogens is 274 g/mol. The second-order valence-electron chi connectivity index (χ2n) is 5.56. The summed E-state index contributed by atoms with van der Waals surface area (Å²) in [4.78, 5) is 2.82. The Labute approximate surface area is 122 Å². The van der Waals surface area contributed by atoms with Crippen LogP contribution in [0.4, 0.5) is 0 Å². The van der Waals surface area contributed by atoms with Crippen LogP contribution in [0.15, 0.2) is 17.0 Å².